The lowest BCUT2D eigenvalue weighted by Gasteiger charge is -2.34. The second kappa shape index (κ2) is 11.2. The number of rotatable bonds is 7. The minimum absolute atomic E-state index is 0.0101. The molecule has 1 aliphatic heterocycles. The molecule has 0 radical (unpaired) electrons. The van der Waals surface area contributed by atoms with Gasteiger partial charge in [-0.05, 0) is 30.7 Å². The zero-order chi connectivity index (χ0) is 25.6. The number of hydrogen-bond donors (Lipinski definition) is 0. The van der Waals surface area contributed by atoms with Crippen molar-refractivity contribution in [1.82, 2.24) is 29.5 Å². The summed E-state index contributed by atoms with van der Waals surface area (Å²) in [6.45, 7) is 5.78. The van der Waals surface area contributed by atoms with Gasteiger partial charge in [0.15, 0.2) is 0 Å². The molecule has 0 bridgehead atoms. The summed E-state index contributed by atoms with van der Waals surface area (Å²) in [5, 5.41) is 4.46. The zero-order valence-corrected chi connectivity index (χ0v) is 21.1. The van der Waals surface area contributed by atoms with E-state index in [-0.39, 0.29) is 5.91 Å². The van der Waals surface area contributed by atoms with Crippen LogP contribution in [0.2, 0.25) is 0 Å². The van der Waals surface area contributed by atoms with Crippen LogP contribution >= 0.6 is 0 Å². The van der Waals surface area contributed by atoms with Crippen molar-refractivity contribution in [3.05, 3.63) is 96.0 Å². The first kappa shape index (κ1) is 24.4. The van der Waals surface area contributed by atoms with Gasteiger partial charge in [0, 0.05) is 44.5 Å². The highest BCUT2D eigenvalue weighted by atomic mass is 16.5. The molecular formula is C29H30N6O2. The molecule has 2 aromatic heterocycles. The Bertz CT molecular complexity index is 1390. The van der Waals surface area contributed by atoms with Crippen LogP contribution in [0.15, 0.2) is 79.1 Å². The van der Waals surface area contributed by atoms with Gasteiger partial charge in [-0.3, -0.25) is 9.69 Å². The van der Waals surface area contributed by atoms with Crippen molar-refractivity contribution < 1.29 is 9.53 Å². The average Bonchev–Trinajstić information content (AvgIpc) is 3.34. The minimum Gasteiger partial charge on any atom is -0.496 e. The number of hydrogen-bond acceptors (Lipinski definition) is 6. The van der Waals surface area contributed by atoms with E-state index in [1.807, 2.05) is 60.4 Å². The van der Waals surface area contributed by atoms with Gasteiger partial charge in [0.05, 0.1) is 30.3 Å². The molecule has 0 unspecified atom stereocenters. The number of nitrogens with zero attached hydrogens (tertiary/aromatic N) is 6. The number of carbonyl (C=O) groups is 1. The number of ether oxygens (including phenoxy) is 1. The minimum atomic E-state index is -0.0101. The number of carbonyl (C=O) groups excluding carboxylic acids is 1. The van der Waals surface area contributed by atoms with Crippen LogP contribution in [0.5, 0.6) is 5.75 Å². The smallest absolute Gasteiger partial charge is 0.257 e. The normalized spacial score (nSPS) is 14.3. The Balaban J connectivity index is 1.25. The first-order valence-corrected chi connectivity index (χ1v) is 12.4. The number of methoxy groups -OCH3 is 1. The van der Waals surface area contributed by atoms with Crippen LogP contribution in [0.1, 0.15) is 21.6 Å². The first-order valence-electron chi connectivity index (χ1n) is 12.4. The Labute approximate surface area is 216 Å². The maximum atomic E-state index is 13.3. The number of para-hydroxylation sites is 1. The lowest BCUT2D eigenvalue weighted by molar-refractivity contribution is 0.0649. The summed E-state index contributed by atoms with van der Waals surface area (Å²) in [5.74, 6) is 1.13. The maximum absolute atomic E-state index is 13.3. The van der Waals surface area contributed by atoms with E-state index in [0.29, 0.717) is 24.6 Å². The van der Waals surface area contributed by atoms with Gasteiger partial charge in [-0.1, -0.05) is 54.6 Å². The molecule has 0 atom stereocenters. The summed E-state index contributed by atoms with van der Waals surface area (Å²) in [6, 6.07) is 19.8. The SMILES string of the molecule is COc1ccccc1-c1ccnc(-n2ncc(C(=O)N3CCN(CC=Cc4ccccc4)CC3)c2C)n1. The molecule has 2 aromatic carbocycles. The monoisotopic (exact) mass is 494 g/mol. The molecule has 5 rings (SSSR count). The number of aromatic nitrogens is 4. The second-order valence-corrected chi connectivity index (χ2v) is 8.90. The van der Waals surface area contributed by atoms with E-state index in [9.17, 15) is 4.79 Å². The summed E-state index contributed by atoms with van der Waals surface area (Å²) >= 11 is 0. The predicted octanol–water partition coefficient (Wildman–Crippen LogP) is 4.12. The fourth-order valence-corrected chi connectivity index (χ4v) is 4.48. The van der Waals surface area contributed by atoms with Crippen molar-refractivity contribution in [3.63, 3.8) is 0 Å². The van der Waals surface area contributed by atoms with Crippen LogP contribution in [0, 0.1) is 6.92 Å². The second-order valence-electron chi connectivity index (χ2n) is 8.90. The van der Waals surface area contributed by atoms with Crippen LogP contribution in [0.3, 0.4) is 0 Å². The van der Waals surface area contributed by atoms with Gasteiger partial charge in [0.25, 0.3) is 11.9 Å². The van der Waals surface area contributed by atoms with Crippen molar-refractivity contribution in [2.45, 2.75) is 6.92 Å². The van der Waals surface area contributed by atoms with Gasteiger partial charge in [-0.25, -0.2) is 14.6 Å². The van der Waals surface area contributed by atoms with Crippen LogP contribution in [-0.4, -0.2) is 75.3 Å². The molecule has 0 saturated carbocycles. The Hall–Kier alpha value is -4.30. The van der Waals surface area contributed by atoms with E-state index in [4.69, 9.17) is 9.72 Å². The highest BCUT2D eigenvalue weighted by molar-refractivity contribution is 5.95. The molecule has 1 saturated heterocycles. The zero-order valence-electron chi connectivity index (χ0n) is 21.1. The Morgan fingerprint density at radius 3 is 2.54 bits per heavy atom. The highest BCUT2D eigenvalue weighted by Crippen LogP contribution is 2.28. The van der Waals surface area contributed by atoms with Crippen molar-refractivity contribution in [2.75, 3.05) is 39.8 Å². The molecule has 1 aliphatic rings. The Kier molecular flexibility index (Phi) is 7.37. The molecule has 0 N–H and O–H groups in total. The summed E-state index contributed by atoms with van der Waals surface area (Å²) < 4.78 is 7.10. The van der Waals surface area contributed by atoms with Crippen molar-refractivity contribution in [2.24, 2.45) is 0 Å². The summed E-state index contributed by atoms with van der Waals surface area (Å²) in [5.41, 5.74) is 4.08. The summed E-state index contributed by atoms with van der Waals surface area (Å²) in [7, 11) is 1.64. The third-order valence-electron chi connectivity index (χ3n) is 6.59. The van der Waals surface area contributed by atoms with E-state index in [0.717, 1.165) is 42.3 Å². The summed E-state index contributed by atoms with van der Waals surface area (Å²) in [6.07, 6.45) is 7.63. The van der Waals surface area contributed by atoms with E-state index in [1.165, 1.54) is 5.56 Å². The number of amides is 1. The van der Waals surface area contributed by atoms with Gasteiger partial charge in [0.1, 0.15) is 5.75 Å². The van der Waals surface area contributed by atoms with E-state index < -0.39 is 0 Å². The molecule has 0 aliphatic carbocycles. The topological polar surface area (TPSA) is 76.4 Å². The van der Waals surface area contributed by atoms with E-state index in [1.54, 1.807) is 24.2 Å². The van der Waals surface area contributed by atoms with Gasteiger partial charge >= 0.3 is 0 Å². The van der Waals surface area contributed by atoms with Crippen molar-refractivity contribution in [3.8, 4) is 23.0 Å². The van der Waals surface area contributed by atoms with Crippen molar-refractivity contribution in [1.29, 1.82) is 0 Å². The summed E-state index contributed by atoms with van der Waals surface area (Å²) in [4.78, 5) is 26.7. The Morgan fingerprint density at radius 2 is 1.76 bits per heavy atom. The van der Waals surface area contributed by atoms with Gasteiger partial charge < -0.3 is 9.64 Å². The maximum Gasteiger partial charge on any atom is 0.257 e. The molecule has 3 heterocycles. The van der Waals surface area contributed by atoms with Crippen LogP contribution in [0.25, 0.3) is 23.3 Å². The largest absolute Gasteiger partial charge is 0.496 e. The Morgan fingerprint density at radius 1 is 1.00 bits per heavy atom. The van der Waals surface area contributed by atoms with Crippen molar-refractivity contribution >= 4 is 12.0 Å². The molecule has 37 heavy (non-hydrogen) atoms. The molecule has 8 nitrogen and oxygen atoms in total. The molecular weight excluding hydrogens is 464 g/mol. The average molecular weight is 495 g/mol. The van der Waals surface area contributed by atoms with Gasteiger partial charge in [-0.2, -0.15) is 5.10 Å². The van der Waals surface area contributed by atoms with E-state index in [2.05, 4.69) is 39.3 Å². The molecule has 0 spiro atoms. The van der Waals surface area contributed by atoms with Crippen LogP contribution in [-0.2, 0) is 0 Å². The third-order valence-corrected chi connectivity index (χ3v) is 6.59. The van der Waals surface area contributed by atoms with E-state index >= 15 is 0 Å². The third kappa shape index (κ3) is 5.44. The quantitative estimate of drug-likeness (QED) is 0.385. The number of benzene rings is 2. The molecule has 188 valence electrons. The predicted molar refractivity (Wildman–Crippen MR) is 144 cm³/mol. The molecule has 8 heteroatoms. The molecule has 1 amide bonds. The first-order chi connectivity index (χ1) is 18.1. The van der Waals surface area contributed by atoms with Crippen LogP contribution < -0.4 is 4.74 Å². The van der Waals surface area contributed by atoms with Crippen LogP contribution in [0.4, 0.5) is 0 Å². The van der Waals surface area contributed by atoms with Gasteiger partial charge in [0.2, 0.25) is 0 Å². The standard InChI is InChI=1S/C29H30N6O2/c1-22-25(28(36)34-19-17-33(18-20-34)16-8-11-23-9-4-3-5-10-23)21-31-35(22)29-30-15-14-26(32-29)24-12-6-7-13-27(24)37-2/h3-15,21H,16-20H2,1-2H3. The fraction of sp³-hybridized carbons (Fsp3) is 0.241. The molecule has 4 aromatic rings. The highest BCUT2D eigenvalue weighted by Gasteiger charge is 2.25. The lowest BCUT2D eigenvalue weighted by atomic mass is 10.1. The molecule has 1 fully saturated rings. The lowest BCUT2D eigenvalue weighted by Crippen LogP contribution is -2.48. The van der Waals surface area contributed by atoms with Gasteiger partial charge in [-0.15, -0.1) is 0 Å². The fourth-order valence-electron chi connectivity index (χ4n) is 4.48. The number of piperazine rings is 1.